The van der Waals surface area contributed by atoms with Crippen LogP contribution in [0, 0.1) is 11.6 Å². The third-order valence-corrected chi connectivity index (χ3v) is 2.80. The van der Waals surface area contributed by atoms with Crippen LogP contribution in [0.15, 0.2) is 30.9 Å². The van der Waals surface area contributed by atoms with Crippen LogP contribution in [0.25, 0.3) is 0 Å². The zero-order chi connectivity index (χ0) is 13.8. The fourth-order valence-corrected chi connectivity index (χ4v) is 1.80. The van der Waals surface area contributed by atoms with Gasteiger partial charge in [0.25, 0.3) is 0 Å². The summed E-state index contributed by atoms with van der Waals surface area (Å²) >= 11 is 0. The van der Waals surface area contributed by atoms with Gasteiger partial charge in [-0.15, -0.1) is 6.58 Å². The van der Waals surface area contributed by atoms with Crippen LogP contribution < -0.4 is 0 Å². The molecule has 0 aliphatic carbocycles. The first-order valence-corrected chi connectivity index (χ1v) is 5.69. The lowest BCUT2D eigenvalue weighted by molar-refractivity contribution is -0.149. The van der Waals surface area contributed by atoms with E-state index in [1.165, 1.54) is 13.0 Å². The van der Waals surface area contributed by atoms with Crippen LogP contribution >= 0.6 is 0 Å². The van der Waals surface area contributed by atoms with Crippen LogP contribution in [0.5, 0.6) is 0 Å². The molecule has 18 heavy (non-hydrogen) atoms. The van der Waals surface area contributed by atoms with Crippen LogP contribution in [-0.2, 0) is 14.9 Å². The number of rotatable bonds is 5. The fourth-order valence-electron chi connectivity index (χ4n) is 1.80. The van der Waals surface area contributed by atoms with Gasteiger partial charge in [0.1, 0.15) is 11.6 Å². The van der Waals surface area contributed by atoms with Gasteiger partial charge in [-0.25, -0.2) is 8.78 Å². The minimum absolute atomic E-state index is 0.0131. The summed E-state index contributed by atoms with van der Waals surface area (Å²) in [5.74, 6) is -1.81. The summed E-state index contributed by atoms with van der Waals surface area (Å²) in [6.07, 6.45) is 1.66. The monoisotopic (exact) mass is 254 g/mol. The average molecular weight is 254 g/mol. The largest absolute Gasteiger partial charge is 0.465 e. The number of halogens is 2. The average Bonchev–Trinajstić information content (AvgIpc) is 2.32. The molecule has 98 valence electrons. The van der Waals surface area contributed by atoms with Crippen molar-refractivity contribution in [2.24, 2.45) is 0 Å². The Balaban J connectivity index is 3.29. The number of carbonyl (C=O) groups excluding carboxylic acids is 1. The van der Waals surface area contributed by atoms with Crippen molar-refractivity contribution in [1.29, 1.82) is 0 Å². The number of hydrogen-bond donors (Lipinski definition) is 0. The van der Waals surface area contributed by atoms with Crippen molar-refractivity contribution in [3.05, 3.63) is 48.1 Å². The zero-order valence-corrected chi connectivity index (χ0v) is 10.5. The Hall–Kier alpha value is -1.71. The Morgan fingerprint density at radius 3 is 2.72 bits per heavy atom. The van der Waals surface area contributed by atoms with Gasteiger partial charge in [-0.2, -0.15) is 0 Å². The van der Waals surface area contributed by atoms with Gasteiger partial charge in [0.2, 0.25) is 0 Å². The smallest absolute Gasteiger partial charge is 0.316 e. The Kier molecular flexibility index (Phi) is 4.59. The molecule has 1 aromatic carbocycles. The minimum atomic E-state index is -1.26. The third kappa shape index (κ3) is 2.75. The topological polar surface area (TPSA) is 26.3 Å². The first kappa shape index (κ1) is 14.4. The minimum Gasteiger partial charge on any atom is -0.465 e. The molecule has 0 radical (unpaired) electrons. The van der Waals surface area contributed by atoms with E-state index >= 15 is 0 Å². The highest BCUT2D eigenvalue weighted by Gasteiger charge is 2.38. The van der Waals surface area contributed by atoms with Gasteiger partial charge in [0, 0.05) is 5.56 Å². The Labute approximate surface area is 105 Å². The maximum absolute atomic E-state index is 13.8. The second-order valence-corrected chi connectivity index (χ2v) is 4.17. The molecule has 0 heterocycles. The molecule has 0 spiro atoms. The van der Waals surface area contributed by atoms with E-state index in [2.05, 4.69) is 6.58 Å². The molecule has 0 fully saturated rings. The standard InChI is InChI=1S/C14H16F2O2/c1-4-8-14(3,13(17)18-5-2)11-9-10(15)6-7-12(11)16/h4,6-7,9H,1,5,8H2,2-3H3. The van der Waals surface area contributed by atoms with Crippen molar-refractivity contribution >= 4 is 5.97 Å². The SMILES string of the molecule is C=CCC(C)(C(=O)OCC)c1cc(F)ccc1F. The number of hydrogen-bond acceptors (Lipinski definition) is 2. The number of esters is 1. The predicted molar refractivity (Wildman–Crippen MR) is 65.2 cm³/mol. The van der Waals surface area contributed by atoms with Gasteiger partial charge in [-0.3, -0.25) is 4.79 Å². The molecule has 0 N–H and O–H groups in total. The second-order valence-electron chi connectivity index (χ2n) is 4.17. The zero-order valence-electron chi connectivity index (χ0n) is 10.5. The number of benzene rings is 1. The molecule has 4 heteroatoms. The molecule has 1 rings (SSSR count). The summed E-state index contributed by atoms with van der Waals surface area (Å²) in [5.41, 5.74) is -1.27. The van der Waals surface area contributed by atoms with Gasteiger partial charge in [-0.05, 0) is 38.5 Å². The van der Waals surface area contributed by atoms with E-state index in [0.717, 1.165) is 18.2 Å². The summed E-state index contributed by atoms with van der Waals surface area (Å²) in [4.78, 5) is 12.0. The molecule has 0 aliphatic heterocycles. The lowest BCUT2D eigenvalue weighted by Gasteiger charge is -2.26. The van der Waals surface area contributed by atoms with E-state index in [1.54, 1.807) is 6.92 Å². The van der Waals surface area contributed by atoms with Crippen LogP contribution in [0.1, 0.15) is 25.8 Å². The summed E-state index contributed by atoms with van der Waals surface area (Å²) in [7, 11) is 0. The first-order chi connectivity index (χ1) is 8.45. The lowest BCUT2D eigenvalue weighted by atomic mass is 9.79. The van der Waals surface area contributed by atoms with Gasteiger partial charge in [0.15, 0.2) is 0 Å². The van der Waals surface area contributed by atoms with Crippen LogP contribution in [0.3, 0.4) is 0 Å². The molecule has 0 amide bonds. The maximum atomic E-state index is 13.8. The second kappa shape index (κ2) is 5.76. The molecule has 0 aromatic heterocycles. The normalized spacial score (nSPS) is 13.8. The van der Waals surface area contributed by atoms with E-state index in [1.807, 2.05) is 0 Å². The summed E-state index contributed by atoms with van der Waals surface area (Å²) in [6, 6.07) is 3.04. The van der Waals surface area contributed by atoms with Crippen molar-refractivity contribution in [2.45, 2.75) is 25.7 Å². The first-order valence-electron chi connectivity index (χ1n) is 5.69. The van der Waals surface area contributed by atoms with E-state index in [0.29, 0.717) is 0 Å². The van der Waals surface area contributed by atoms with Crippen LogP contribution in [0.4, 0.5) is 8.78 Å². The molecule has 2 nitrogen and oxygen atoms in total. The quantitative estimate of drug-likeness (QED) is 0.595. The third-order valence-electron chi connectivity index (χ3n) is 2.80. The van der Waals surface area contributed by atoms with E-state index in [9.17, 15) is 13.6 Å². The van der Waals surface area contributed by atoms with Crippen molar-refractivity contribution in [1.82, 2.24) is 0 Å². The summed E-state index contributed by atoms with van der Waals surface area (Å²) in [6.45, 7) is 6.90. The van der Waals surface area contributed by atoms with Crippen molar-refractivity contribution in [3.63, 3.8) is 0 Å². The fraction of sp³-hybridized carbons (Fsp3) is 0.357. The molecular weight excluding hydrogens is 238 g/mol. The van der Waals surface area contributed by atoms with E-state index in [4.69, 9.17) is 4.74 Å². The van der Waals surface area contributed by atoms with Gasteiger partial charge < -0.3 is 4.74 Å². The molecule has 0 aliphatic rings. The molecule has 0 saturated carbocycles. The summed E-state index contributed by atoms with van der Waals surface area (Å²) < 4.78 is 31.9. The molecule has 0 saturated heterocycles. The van der Waals surface area contributed by atoms with E-state index in [-0.39, 0.29) is 18.6 Å². The number of allylic oxidation sites excluding steroid dienone is 1. The van der Waals surface area contributed by atoms with Crippen molar-refractivity contribution in [3.8, 4) is 0 Å². The number of carbonyl (C=O) groups is 1. The molecule has 1 aromatic rings. The van der Waals surface area contributed by atoms with E-state index < -0.39 is 23.0 Å². The van der Waals surface area contributed by atoms with Gasteiger partial charge in [0.05, 0.1) is 12.0 Å². The maximum Gasteiger partial charge on any atom is 0.316 e. The molecule has 1 atom stereocenters. The van der Waals surface area contributed by atoms with Crippen LogP contribution in [0.2, 0.25) is 0 Å². The summed E-state index contributed by atoms with van der Waals surface area (Å²) in [5, 5.41) is 0. The Morgan fingerprint density at radius 2 is 2.17 bits per heavy atom. The molecule has 1 unspecified atom stereocenters. The molecular formula is C14H16F2O2. The number of ether oxygens (including phenoxy) is 1. The van der Waals surface area contributed by atoms with Crippen molar-refractivity contribution in [2.75, 3.05) is 6.61 Å². The highest BCUT2D eigenvalue weighted by atomic mass is 19.1. The lowest BCUT2D eigenvalue weighted by Crippen LogP contribution is -2.35. The highest BCUT2D eigenvalue weighted by Crippen LogP contribution is 2.32. The van der Waals surface area contributed by atoms with Gasteiger partial charge in [-0.1, -0.05) is 6.08 Å². The van der Waals surface area contributed by atoms with Crippen molar-refractivity contribution < 1.29 is 18.3 Å². The van der Waals surface area contributed by atoms with Gasteiger partial charge >= 0.3 is 5.97 Å². The predicted octanol–water partition coefficient (Wildman–Crippen LogP) is 3.36. The Morgan fingerprint density at radius 1 is 1.50 bits per heavy atom. The highest BCUT2D eigenvalue weighted by molar-refractivity contribution is 5.83. The van der Waals surface area contributed by atoms with Crippen LogP contribution in [-0.4, -0.2) is 12.6 Å². The Bertz CT molecular complexity index is 457. The molecule has 0 bridgehead atoms.